The number of piperidine rings is 1. The van der Waals surface area contributed by atoms with Gasteiger partial charge in [0, 0.05) is 25.1 Å². The van der Waals surface area contributed by atoms with Crippen LogP contribution in [0.4, 0.5) is 0 Å². The number of methoxy groups -OCH3 is 1. The third-order valence-corrected chi connectivity index (χ3v) is 6.24. The lowest BCUT2D eigenvalue weighted by Crippen LogP contribution is -2.39. The normalized spacial score (nSPS) is 14.1. The zero-order valence-electron chi connectivity index (χ0n) is 19.8. The number of rotatable bonds is 8. The van der Waals surface area contributed by atoms with E-state index < -0.39 is 5.97 Å². The van der Waals surface area contributed by atoms with E-state index in [1.807, 2.05) is 52.0 Å². The summed E-state index contributed by atoms with van der Waals surface area (Å²) in [6.07, 6.45) is 2.83. The molecule has 34 heavy (non-hydrogen) atoms. The monoisotopic (exact) mass is 461 g/mol. The van der Waals surface area contributed by atoms with Crippen molar-refractivity contribution < 1.29 is 19.1 Å². The van der Waals surface area contributed by atoms with E-state index in [1.54, 1.807) is 20.1 Å². The third kappa shape index (κ3) is 5.47. The number of hydrogen-bond donors (Lipinski definition) is 0. The Kier molecular flexibility index (Phi) is 7.62. The van der Waals surface area contributed by atoms with Crippen molar-refractivity contribution in [3.63, 3.8) is 0 Å². The van der Waals surface area contributed by atoms with E-state index in [0.29, 0.717) is 31.8 Å². The zero-order valence-corrected chi connectivity index (χ0v) is 19.8. The molecule has 1 aliphatic rings. The van der Waals surface area contributed by atoms with E-state index in [-0.39, 0.29) is 11.9 Å². The molecule has 0 saturated carbocycles. The Morgan fingerprint density at radius 2 is 1.74 bits per heavy atom. The molecule has 4 rings (SSSR count). The average molecular weight is 462 g/mol. The Bertz CT molecular complexity index is 1100. The number of carbonyl (C=O) groups is 2. The quantitative estimate of drug-likeness (QED) is 0.461. The number of likely N-dealkylation sites (tertiary alicyclic amines) is 1. The van der Waals surface area contributed by atoms with Crippen LogP contribution in [0.5, 0.6) is 5.75 Å². The molecular weight excluding hydrogens is 430 g/mol. The molecule has 0 bridgehead atoms. The van der Waals surface area contributed by atoms with Gasteiger partial charge in [-0.05, 0) is 62.1 Å². The maximum atomic E-state index is 12.8. The fourth-order valence-electron chi connectivity index (χ4n) is 4.37. The first-order valence-corrected chi connectivity index (χ1v) is 11.8. The Balaban J connectivity index is 1.46. The number of nitrogens with zero attached hydrogens (tertiary/aromatic N) is 3. The first kappa shape index (κ1) is 23.5. The van der Waals surface area contributed by atoms with Crippen molar-refractivity contribution >= 4 is 11.9 Å². The van der Waals surface area contributed by atoms with Crippen LogP contribution in [-0.2, 0) is 16.0 Å². The van der Waals surface area contributed by atoms with Crippen molar-refractivity contribution in [1.82, 2.24) is 14.7 Å². The number of hydrogen-bond acceptors (Lipinski definition) is 5. The molecule has 178 valence electrons. The second kappa shape index (κ2) is 11.0. The molecular formula is C27H31N3O4. The summed E-state index contributed by atoms with van der Waals surface area (Å²) in [5, 5.41) is 4.62. The first-order chi connectivity index (χ1) is 16.6. The minimum absolute atomic E-state index is 0.0958. The van der Waals surface area contributed by atoms with Crippen LogP contribution in [0.2, 0.25) is 0 Å². The lowest BCUT2D eigenvalue weighted by molar-refractivity contribution is -0.132. The molecule has 0 spiro atoms. The van der Waals surface area contributed by atoms with Crippen LogP contribution < -0.4 is 4.74 Å². The van der Waals surface area contributed by atoms with E-state index in [2.05, 4.69) is 17.2 Å². The topological polar surface area (TPSA) is 73.7 Å². The van der Waals surface area contributed by atoms with E-state index in [4.69, 9.17) is 9.47 Å². The maximum absolute atomic E-state index is 12.8. The van der Waals surface area contributed by atoms with Gasteiger partial charge in [-0.1, -0.05) is 30.3 Å². The third-order valence-electron chi connectivity index (χ3n) is 6.24. The number of benzene rings is 2. The van der Waals surface area contributed by atoms with Gasteiger partial charge in [0.25, 0.3) is 0 Å². The summed E-state index contributed by atoms with van der Waals surface area (Å²) >= 11 is 0. The largest absolute Gasteiger partial charge is 0.497 e. The van der Waals surface area contributed by atoms with Gasteiger partial charge in [0.2, 0.25) is 5.91 Å². The molecule has 0 unspecified atom stereocenters. The standard InChI is InChI=1S/C27H31N3O4/c1-3-34-27(32)24-19-25(21-10-12-23(33-2)13-11-21)30(28-24)22-15-17-29(18-16-22)26(31)14-9-20-7-5-4-6-8-20/h4-8,10-13,19,22H,3,9,14-18H2,1-2H3. The Morgan fingerprint density at radius 1 is 1.03 bits per heavy atom. The minimum atomic E-state index is -0.426. The Morgan fingerprint density at radius 3 is 2.38 bits per heavy atom. The Labute approximate surface area is 200 Å². The highest BCUT2D eigenvalue weighted by molar-refractivity contribution is 5.88. The predicted octanol–water partition coefficient (Wildman–Crippen LogP) is 4.53. The molecule has 0 N–H and O–H groups in total. The van der Waals surface area contributed by atoms with Gasteiger partial charge in [-0.2, -0.15) is 5.10 Å². The summed E-state index contributed by atoms with van der Waals surface area (Å²) in [5.74, 6) is 0.526. The number of carbonyl (C=O) groups excluding carboxylic acids is 2. The molecule has 1 fully saturated rings. The molecule has 0 radical (unpaired) electrons. The second-order valence-corrected chi connectivity index (χ2v) is 8.41. The highest BCUT2D eigenvalue weighted by atomic mass is 16.5. The Hall–Kier alpha value is -3.61. The van der Waals surface area contributed by atoms with E-state index in [9.17, 15) is 9.59 Å². The van der Waals surface area contributed by atoms with Crippen LogP contribution in [-0.4, -0.2) is 53.4 Å². The fourth-order valence-corrected chi connectivity index (χ4v) is 4.37. The molecule has 1 amide bonds. The van der Waals surface area contributed by atoms with Gasteiger partial charge in [0.15, 0.2) is 5.69 Å². The smallest absolute Gasteiger partial charge is 0.358 e. The fraction of sp³-hybridized carbons (Fsp3) is 0.370. The summed E-state index contributed by atoms with van der Waals surface area (Å²) in [6, 6.07) is 19.7. The van der Waals surface area contributed by atoms with Crippen molar-refractivity contribution in [3.8, 4) is 17.0 Å². The number of amides is 1. The second-order valence-electron chi connectivity index (χ2n) is 8.41. The number of ether oxygens (including phenoxy) is 2. The van der Waals surface area contributed by atoms with Crippen LogP contribution in [0.25, 0.3) is 11.3 Å². The van der Waals surface area contributed by atoms with Gasteiger partial charge >= 0.3 is 5.97 Å². The summed E-state index contributed by atoms with van der Waals surface area (Å²) in [4.78, 5) is 27.1. The van der Waals surface area contributed by atoms with Gasteiger partial charge in [-0.3, -0.25) is 9.48 Å². The first-order valence-electron chi connectivity index (χ1n) is 11.8. The molecule has 3 aromatic rings. The summed E-state index contributed by atoms with van der Waals surface area (Å²) < 4.78 is 12.4. The SMILES string of the molecule is CCOC(=O)c1cc(-c2ccc(OC)cc2)n(C2CCN(C(=O)CCc3ccccc3)CC2)n1. The van der Waals surface area contributed by atoms with E-state index >= 15 is 0 Å². The van der Waals surface area contributed by atoms with Crippen LogP contribution in [0.15, 0.2) is 60.7 Å². The lowest BCUT2D eigenvalue weighted by Gasteiger charge is -2.33. The zero-order chi connectivity index (χ0) is 23.9. The molecule has 1 aliphatic heterocycles. The molecule has 0 atom stereocenters. The molecule has 7 heteroatoms. The summed E-state index contributed by atoms with van der Waals surface area (Å²) in [6.45, 7) is 3.43. The van der Waals surface area contributed by atoms with Gasteiger partial charge in [0.1, 0.15) is 5.75 Å². The van der Waals surface area contributed by atoms with Crippen molar-refractivity contribution in [1.29, 1.82) is 0 Å². The number of esters is 1. The van der Waals surface area contributed by atoms with Crippen LogP contribution >= 0.6 is 0 Å². The van der Waals surface area contributed by atoms with Crippen molar-refractivity contribution in [2.75, 3.05) is 26.8 Å². The van der Waals surface area contributed by atoms with Gasteiger partial charge in [-0.25, -0.2) is 4.79 Å². The van der Waals surface area contributed by atoms with E-state index in [0.717, 1.165) is 36.3 Å². The molecule has 1 aromatic heterocycles. The summed E-state index contributed by atoms with van der Waals surface area (Å²) in [5.41, 5.74) is 3.29. The highest BCUT2D eigenvalue weighted by Gasteiger charge is 2.27. The number of aromatic nitrogens is 2. The minimum Gasteiger partial charge on any atom is -0.497 e. The van der Waals surface area contributed by atoms with Crippen molar-refractivity contribution in [2.45, 2.75) is 38.6 Å². The molecule has 1 saturated heterocycles. The summed E-state index contributed by atoms with van der Waals surface area (Å²) in [7, 11) is 1.63. The highest BCUT2D eigenvalue weighted by Crippen LogP contribution is 2.31. The van der Waals surface area contributed by atoms with Crippen LogP contribution in [0.3, 0.4) is 0 Å². The average Bonchev–Trinajstić information content (AvgIpc) is 3.34. The van der Waals surface area contributed by atoms with Crippen molar-refractivity contribution in [3.05, 3.63) is 71.9 Å². The maximum Gasteiger partial charge on any atom is 0.358 e. The van der Waals surface area contributed by atoms with E-state index in [1.165, 1.54) is 5.56 Å². The van der Waals surface area contributed by atoms with Crippen LogP contribution in [0.1, 0.15) is 48.3 Å². The molecule has 2 heterocycles. The van der Waals surface area contributed by atoms with Crippen molar-refractivity contribution in [2.24, 2.45) is 0 Å². The molecule has 2 aromatic carbocycles. The molecule has 7 nitrogen and oxygen atoms in total. The molecule has 0 aliphatic carbocycles. The number of aryl methyl sites for hydroxylation is 1. The van der Waals surface area contributed by atoms with Gasteiger partial charge < -0.3 is 14.4 Å². The lowest BCUT2D eigenvalue weighted by atomic mass is 10.0. The predicted molar refractivity (Wildman–Crippen MR) is 130 cm³/mol. The van der Waals surface area contributed by atoms with Gasteiger partial charge in [-0.15, -0.1) is 0 Å². The van der Waals surface area contributed by atoms with Crippen LogP contribution in [0, 0.1) is 0 Å². The van der Waals surface area contributed by atoms with Gasteiger partial charge in [0.05, 0.1) is 25.5 Å².